The van der Waals surface area contributed by atoms with Crippen LogP contribution >= 0.6 is 0 Å². The van der Waals surface area contributed by atoms with Crippen LogP contribution in [0.5, 0.6) is 11.5 Å². The van der Waals surface area contributed by atoms with Crippen LogP contribution < -0.4 is 20.2 Å². The van der Waals surface area contributed by atoms with Gasteiger partial charge in [0.25, 0.3) is 5.91 Å². The molecule has 7 heteroatoms. The Kier molecular flexibility index (Phi) is 7.01. The van der Waals surface area contributed by atoms with Crippen LogP contribution in [-0.2, 0) is 11.2 Å². The molecular formula is C27H27NO6. The van der Waals surface area contributed by atoms with Gasteiger partial charge in [-0.05, 0) is 62.2 Å². The van der Waals surface area contributed by atoms with Crippen LogP contribution in [0.1, 0.15) is 24.9 Å². The molecule has 2 aromatic heterocycles. The Bertz CT molecular complexity index is 1320. The number of carbonyl (C=O) groups excluding carboxylic acids is 1. The zero-order valence-electron chi connectivity index (χ0n) is 19.4. The highest BCUT2D eigenvalue weighted by atomic mass is 16.5. The van der Waals surface area contributed by atoms with E-state index in [9.17, 15) is 9.59 Å². The number of amides is 1. The molecule has 4 rings (SSSR count). The van der Waals surface area contributed by atoms with Gasteiger partial charge in [-0.1, -0.05) is 12.1 Å². The van der Waals surface area contributed by atoms with E-state index in [0.717, 1.165) is 24.2 Å². The van der Waals surface area contributed by atoms with Gasteiger partial charge in [-0.3, -0.25) is 9.59 Å². The SMILES string of the molecule is COc1ccc(-c2c(C)oc3cc(OCC(=O)NC(C)CCc4ccco4)ccc3c2=O)cc1. The van der Waals surface area contributed by atoms with Gasteiger partial charge in [-0.15, -0.1) is 0 Å². The molecule has 176 valence electrons. The number of methoxy groups -OCH3 is 1. The summed E-state index contributed by atoms with van der Waals surface area (Å²) in [7, 11) is 1.59. The van der Waals surface area contributed by atoms with E-state index >= 15 is 0 Å². The standard InChI is InChI=1S/C27H27NO6/c1-17(6-9-21-5-4-14-32-21)28-25(29)16-33-22-12-13-23-24(15-22)34-18(2)26(27(23)30)19-7-10-20(31-3)11-8-19/h4-5,7-8,10-15,17H,6,9,16H2,1-3H3,(H,28,29). The first-order valence-corrected chi connectivity index (χ1v) is 11.1. The fraction of sp³-hybridized carbons (Fsp3) is 0.259. The molecule has 1 amide bonds. The zero-order valence-corrected chi connectivity index (χ0v) is 19.4. The van der Waals surface area contributed by atoms with Gasteiger partial charge in [0, 0.05) is 18.5 Å². The molecule has 4 aromatic rings. The zero-order chi connectivity index (χ0) is 24.1. The summed E-state index contributed by atoms with van der Waals surface area (Å²) in [6.45, 7) is 3.56. The minimum atomic E-state index is -0.223. The number of hydrogen-bond acceptors (Lipinski definition) is 6. The molecule has 2 aromatic carbocycles. The van der Waals surface area contributed by atoms with Gasteiger partial charge in [-0.25, -0.2) is 0 Å². The Morgan fingerprint density at radius 1 is 1.09 bits per heavy atom. The van der Waals surface area contributed by atoms with Crippen LogP contribution in [0.2, 0.25) is 0 Å². The van der Waals surface area contributed by atoms with Gasteiger partial charge in [0.1, 0.15) is 28.6 Å². The number of furan rings is 1. The predicted octanol–water partition coefficient (Wildman–Crippen LogP) is 4.89. The molecule has 0 aliphatic heterocycles. The van der Waals surface area contributed by atoms with Crippen molar-refractivity contribution in [1.29, 1.82) is 0 Å². The Morgan fingerprint density at radius 3 is 2.56 bits per heavy atom. The van der Waals surface area contributed by atoms with Crippen LogP contribution in [0.15, 0.2) is 74.5 Å². The van der Waals surface area contributed by atoms with E-state index in [-0.39, 0.29) is 24.0 Å². The van der Waals surface area contributed by atoms with Crippen molar-refractivity contribution in [2.45, 2.75) is 32.7 Å². The summed E-state index contributed by atoms with van der Waals surface area (Å²) in [5, 5.41) is 3.36. The second kappa shape index (κ2) is 10.3. The molecule has 0 saturated carbocycles. The van der Waals surface area contributed by atoms with Crippen molar-refractivity contribution in [3.8, 4) is 22.6 Å². The molecule has 0 spiro atoms. The lowest BCUT2D eigenvalue weighted by Crippen LogP contribution is -2.36. The summed E-state index contributed by atoms with van der Waals surface area (Å²) >= 11 is 0. The number of hydrogen-bond donors (Lipinski definition) is 1. The second-order valence-electron chi connectivity index (χ2n) is 8.12. The summed E-state index contributed by atoms with van der Waals surface area (Å²) < 4.78 is 22.1. The lowest BCUT2D eigenvalue weighted by molar-refractivity contribution is -0.123. The number of carbonyl (C=O) groups is 1. The van der Waals surface area contributed by atoms with E-state index in [1.807, 2.05) is 31.2 Å². The van der Waals surface area contributed by atoms with E-state index in [2.05, 4.69) is 5.32 Å². The molecule has 0 fully saturated rings. The topological polar surface area (TPSA) is 90.9 Å². The molecule has 0 aliphatic carbocycles. The average Bonchev–Trinajstić information content (AvgIpc) is 3.35. The minimum Gasteiger partial charge on any atom is -0.497 e. The molecule has 7 nitrogen and oxygen atoms in total. The van der Waals surface area contributed by atoms with Crippen molar-refractivity contribution < 1.29 is 23.1 Å². The third-order valence-electron chi connectivity index (χ3n) is 5.60. The second-order valence-corrected chi connectivity index (χ2v) is 8.12. The summed E-state index contributed by atoms with van der Waals surface area (Å²) in [5.74, 6) is 2.33. The molecule has 0 aliphatic rings. The molecule has 2 heterocycles. The Labute approximate surface area is 197 Å². The summed E-state index contributed by atoms with van der Waals surface area (Å²) in [6, 6.07) is 16.0. The van der Waals surface area contributed by atoms with Crippen molar-refractivity contribution in [3.63, 3.8) is 0 Å². The van der Waals surface area contributed by atoms with E-state index < -0.39 is 0 Å². The minimum absolute atomic E-state index is 0.0187. The molecule has 1 N–H and O–H groups in total. The Hall–Kier alpha value is -4.00. The average molecular weight is 462 g/mol. The van der Waals surface area contributed by atoms with Gasteiger partial charge < -0.3 is 23.6 Å². The van der Waals surface area contributed by atoms with Crippen molar-refractivity contribution in [3.05, 3.63) is 82.6 Å². The number of nitrogens with one attached hydrogen (secondary N) is 1. The number of rotatable bonds is 9. The van der Waals surface area contributed by atoms with Crippen LogP contribution in [0.4, 0.5) is 0 Å². The first-order chi connectivity index (χ1) is 16.4. The summed E-state index contributed by atoms with van der Waals surface area (Å²) in [6.07, 6.45) is 3.15. The maximum atomic E-state index is 13.1. The Morgan fingerprint density at radius 2 is 1.85 bits per heavy atom. The number of ether oxygens (including phenoxy) is 2. The molecule has 1 unspecified atom stereocenters. The van der Waals surface area contributed by atoms with E-state index in [1.165, 1.54) is 0 Å². The normalized spacial score (nSPS) is 11.9. The summed E-state index contributed by atoms with van der Waals surface area (Å²) in [5.41, 5.74) is 1.54. The first-order valence-electron chi connectivity index (χ1n) is 11.1. The van der Waals surface area contributed by atoms with Crippen LogP contribution in [0.3, 0.4) is 0 Å². The molecule has 1 atom stereocenters. The molecule has 0 radical (unpaired) electrons. The van der Waals surface area contributed by atoms with Crippen molar-refractivity contribution in [2.75, 3.05) is 13.7 Å². The third-order valence-corrected chi connectivity index (χ3v) is 5.60. The van der Waals surface area contributed by atoms with Gasteiger partial charge in [0.15, 0.2) is 6.61 Å². The molecular weight excluding hydrogens is 434 g/mol. The smallest absolute Gasteiger partial charge is 0.258 e. The number of fused-ring (bicyclic) bond motifs is 1. The van der Waals surface area contributed by atoms with Gasteiger partial charge in [0.05, 0.1) is 24.3 Å². The molecule has 0 bridgehead atoms. The van der Waals surface area contributed by atoms with E-state index in [4.69, 9.17) is 18.3 Å². The van der Waals surface area contributed by atoms with Crippen molar-refractivity contribution in [1.82, 2.24) is 5.32 Å². The van der Waals surface area contributed by atoms with E-state index in [0.29, 0.717) is 33.8 Å². The Balaban J connectivity index is 1.42. The highest BCUT2D eigenvalue weighted by Crippen LogP contribution is 2.27. The quantitative estimate of drug-likeness (QED) is 0.382. The lowest BCUT2D eigenvalue weighted by atomic mass is 10.0. The monoisotopic (exact) mass is 461 g/mol. The van der Waals surface area contributed by atoms with Crippen molar-refractivity contribution in [2.24, 2.45) is 0 Å². The third kappa shape index (κ3) is 5.31. The first kappa shape index (κ1) is 23.2. The predicted molar refractivity (Wildman–Crippen MR) is 129 cm³/mol. The fourth-order valence-electron chi connectivity index (χ4n) is 3.82. The number of aryl methyl sites for hydroxylation is 2. The van der Waals surface area contributed by atoms with Gasteiger partial charge in [-0.2, -0.15) is 0 Å². The maximum Gasteiger partial charge on any atom is 0.258 e. The highest BCUT2D eigenvalue weighted by Gasteiger charge is 2.15. The lowest BCUT2D eigenvalue weighted by Gasteiger charge is -2.14. The van der Waals surface area contributed by atoms with Gasteiger partial charge >= 0.3 is 0 Å². The van der Waals surface area contributed by atoms with Gasteiger partial charge in [0.2, 0.25) is 5.43 Å². The van der Waals surface area contributed by atoms with E-state index in [1.54, 1.807) is 50.6 Å². The van der Waals surface area contributed by atoms with Crippen LogP contribution in [0.25, 0.3) is 22.1 Å². The highest BCUT2D eigenvalue weighted by molar-refractivity contribution is 5.84. The largest absolute Gasteiger partial charge is 0.497 e. The summed E-state index contributed by atoms with van der Waals surface area (Å²) in [4.78, 5) is 25.4. The number of benzene rings is 2. The molecule has 34 heavy (non-hydrogen) atoms. The fourth-order valence-corrected chi connectivity index (χ4v) is 3.82. The van der Waals surface area contributed by atoms with Crippen LogP contribution in [-0.4, -0.2) is 25.7 Å². The van der Waals surface area contributed by atoms with Crippen molar-refractivity contribution >= 4 is 16.9 Å². The van der Waals surface area contributed by atoms with Crippen LogP contribution in [0, 0.1) is 6.92 Å². The maximum absolute atomic E-state index is 13.1. The molecule has 0 saturated heterocycles.